The van der Waals surface area contributed by atoms with Crippen molar-refractivity contribution >= 4 is 5.69 Å². The van der Waals surface area contributed by atoms with E-state index in [0.717, 1.165) is 19.6 Å². The minimum atomic E-state index is 1.06. The van der Waals surface area contributed by atoms with Crippen LogP contribution in [0.4, 0.5) is 5.69 Å². The first-order chi connectivity index (χ1) is 6.45. The van der Waals surface area contributed by atoms with Gasteiger partial charge in [-0.3, -0.25) is 0 Å². The molecule has 68 valence electrons. The lowest BCUT2D eigenvalue weighted by Gasteiger charge is -2.20. The second-order valence-electron chi connectivity index (χ2n) is 3.86. The van der Waals surface area contributed by atoms with Gasteiger partial charge in [-0.2, -0.15) is 0 Å². The summed E-state index contributed by atoms with van der Waals surface area (Å²) < 4.78 is 0. The lowest BCUT2D eigenvalue weighted by Crippen LogP contribution is -2.13. The minimum Gasteiger partial charge on any atom is -0.385 e. The van der Waals surface area contributed by atoms with Crippen molar-refractivity contribution in [2.24, 2.45) is 0 Å². The quantitative estimate of drug-likeness (QED) is 0.625. The molecule has 2 aliphatic heterocycles. The Morgan fingerprint density at radius 3 is 3.08 bits per heavy atom. The maximum absolute atomic E-state index is 3.46. The first-order valence-corrected chi connectivity index (χ1v) is 5.03. The molecular weight excluding hydrogens is 160 g/mol. The molecule has 0 aromatic heterocycles. The summed E-state index contributed by atoms with van der Waals surface area (Å²) in [5, 5.41) is 6.87. The van der Waals surface area contributed by atoms with E-state index >= 15 is 0 Å². The predicted octanol–water partition coefficient (Wildman–Crippen LogP) is 1.65. The van der Waals surface area contributed by atoms with Crippen LogP contribution in [-0.4, -0.2) is 6.54 Å². The van der Waals surface area contributed by atoms with E-state index in [-0.39, 0.29) is 0 Å². The summed E-state index contributed by atoms with van der Waals surface area (Å²) in [6.07, 6.45) is 2.54. The van der Waals surface area contributed by atoms with Crippen LogP contribution in [0.15, 0.2) is 12.1 Å². The van der Waals surface area contributed by atoms with Crippen molar-refractivity contribution in [1.29, 1.82) is 0 Å². The van der Waals surface area contributed by atoms with Crippen LogP contribution < -0.4 is 10.6 Å². The molecule has 0 radical (unpaired) electrons. The minimum absolute atomic E-state index is 1.06. The van der Waals surface area contributed by atoms with E-state index in [4.69, 9.17) is 0 Å². The monoisotopic (exact) mass is 174 g/mol. The summed E-state index contributed by atoms with van der Waals surface area (Å²) in [5.74, 6) is 0. The Morgan fingerprint density at radius 2 is 2.08 bits per heavy atom. The molecule has 0 saturated heterocycles. The van der Waals surface area contributed by atoms with Gasteiger partial charge in [-0.1, -0.05) is 6.07 Å². The van der Waals surface area contributed by atoms with Crippen molar-refractivity contribution in [3.63, 3.8) is 0 Å². The van der Waals surface area contributed by atoms with Crippen molar-refractivity contribution in [2.45, 2.75) is 25.9 Å². The third kappa shape index (κ3) is 1.05. The number of hydrogen-bond acceptors (Lipinski definition) is 2. The summed E-state index contributed by atoms with van der Waals surface area (Å²) >= 11 is 0. The van der Waals surface area contributed by atoms with Crippen LogP contribution in [0, 0.1) is 0 Å². The number of anilines is 1. The van der Waals surface area contributed by atoms with Crippen LogP contribution in [0.5, 0.6) is 0 Å². The molecule has 0 unspecified atom stereocenters. The number of fused-ring (bicyclic) bond motifs is 3. The molecule has 0 aliphatic carbocycles. The highest BCUT2D eigenvalue weighted by molar-refractivity contribution is 5.59. The fourth-order valence-corrected chi connectivity index (χ4v) is 2.39. The zero-order valence-electron chi connectivity index (χ0n) is 7.69. The highest BCUT2D eigenvalue weighted by atomic mass is 14.9. The first kappa shape index (κ1) is 7.39. The molecule has 2 heterocycles. The first-order valence-electron chi connectivity index (χ1n) is 5.03. The molecule has 0 atom stereocenters. The molecule has 1 aromatic rings. The van der Waals surface area contributed by atoms with Gasteiger partial charge in [-0.25, -0.2) is 0 Å². The van der Waals surface area contributed by atoms with Crippen molar-refractivity contribution in [3.8, 4) is 0 Å². The highest BCUT2D eigenvalue weighted by Gasteiger charge is 2.18. The van der Waals surface area contributed by atoms with Crippen LogP contribution in [-0.2, 0) is 19.5 Å². The maximum Gasteiger partial charge on any atom is 0.0376 e. The lowest BCUT2D eigenvalue weighted by molar-refractivity contribution is 0.755. The van der Waals surface area contributed by atoms with Gasteiger partial charge >= 0.3 is 0 Å². The average molecular weight is 174 g/mol. The Morgan fingerprint density at radius 1 is 1.08 bits per heavy atom. The molecule has 2 aliphatic rings. The Hall–Kier alpha value is -1.02. The van der Waals surface area contributed by atoms with E-state index in [1.165, 1.54) is 24.1 Å². The molecule has 13 heavy (non-hydrogen) atoms. The van der Waals surface area contributed by atoms with Gasteiger partial charge in [0.15, 0.2) is 0 Å². The molecule has 2 heteroatoms. The number of hydrogen-bond donors (Lipinski definition) is 2. The number of nitrogens with one attached hydrogen (secondary N) is 2. The Kier molecular flexibility index (Phi) is 1.56. The Balaban J connectivity index is 2.17. The van der Waals surface area contributed by atoms with Crippen molar-refractivity contribution in [1.82, 2.24) is 5.32 Å². The normalized spacial score (nSPS) is 19.1. The summed E-state index contributed by atoms with van der Waals surface area (Å²) in [5.41, 5.74) is 6.00. The molecule has 2 N–H and O–H groups in total. The van der Waals surface area contributed by atoms with E-state index in [1.54, 1.807) is 11.1 Å². The largest absolute Gasteiger partial charge is 0.385 e. The van der Waals surface area contributed by atoms with Crippen LogP contribution in [0.3, 0.4) is 0 Å². The third-order valence-electron chi connectivity index (χ3n) is 3.06. The van der Waals surface area contributed by atoms with Gasteiger partial charge in [0, 0.05) is 25.3 Å². The van der Waals surface area contributed by atoms with Crippen molar-refractivity contribution < 1.29 is 0 Å². The maximum atomic E-state index is 3.46. The van der Waals surface area contributed by atoms with Crippen LogP contribution in [0.2, 0.25) is 0 Å². The highest BCUT2D eigenvalue weighted by Crippen LogP contribution is 2.30. The summed E-state index contributed by atoms with van der Waals surface area (Å²) in [6, 6.07) is 4.49. The number of rotatable bonds is 0. The fourth-order valence-electron chi connectivity index (χ4n) is 2.39. The van der Waals surface area contributed by atoms with E-state index in [2.05, 4.69) is 22.8 Å². The SMILES string of the molecule is c1cc2c(c3c1CNC3)CCCN2. The third-order valence-corrected chi connectivity index (χ3v) is 3.06. The lowest BCUT2D eigenvalue weighted by atomic mass is 9.95. The van der Waals surface area contributed by atoms with Crippen molar-refractivity contribution in [3.05, 3.63) is 28.8 Å². The molecule has 2 nitrogen and oxygen atoms in total. The topological polar surface area (TPSA) is 24.1 Å². The summed E-state index contributed by atoms with van der Waals surface area (Å²) in [4.78, 5) is 0. The molecule has 0 bridgehead atoms. The zero-order chi connectivity index (χ0) is 8.67. The van der Waals surface area contributed by atoms with Gasteiger partial charge in [0.05, 0.1) is 0 Å². The molecule has 3 rings (SSSR count). The average Bonchev–Trinajstić information content (AvgIpc) is 2.65. The summed E-state index contributed by atoms with van der Waals surface area (Å²) in [7, 11) is 0. The second kappa shape index (κ2) is 2.74. The fraction of sp³-hybridized carbons (Fsp3) is 0.455. The van der Waals surface area contributed by atoms with Crippen LogP contribution in [0.1, 0.15) is 23.1 Å². The van der Waals surface area contributed by atoms with Gasteiger partial charge in [-0.05, 0) is 35.6 Å². The zero-order valence-corrected chi connectivity index (χ0v) is 7.69. The van der Waals surface area contributed by atoms with Gasteiger partial charge in [-0.15, -0.1) is 0 Å². The van der Waals surface area contributed by atoms with Crippen LogP contribution >= 0.6 is 0 Å². The van der Waals surface area contributed by atoms with Gasteiger partial charge in [0.25, 0.3) is 0 Å². The molecular formula is C11H14N2. The van der Waals surface area contributed by atoms with E-state index < -0.39 is 0 Å². The summed E-state index contributed by atoms with van der Waals surface area (Å²) in [6.45, 7) is 3.27. The van der Waals surface area contributed by atoms with Gasteiger partial charge < -0.3 is 10.6 Å². The molecule has 1 aromatic carbocycles. The van der Waals surface area contributed by atoms with E-state index in [1.807, 2.05) is 0 Å². The Bertz CT molecular complexity index is 344. The second-order valence-corrected chi connectivity index (χ2v) is 3.86. The molecule has 0 fully saturated rings. The molecule has 0 amide bonds. The molecule has 0 spiro atoms. The standard InChI is InChI=1S/C11H14N2/c1-2-9-10-7-12-6-8(10)3-4-11(9)13-5-1/h3-4,12-13H,1-2,5-7H2. The predicted molar refractivity (Wildman–Crippen MR) is 53.8 cm³/mol. The Labute approximate surface area is 78.3 Å². The van der Waals surface area contributed by atoms with Crippen LogP contribution in [0.25, 0.3) is 0 Å². The van der Waals surface area contributed by atoms with Crippen molar-refractivity contribution in [2.75, 3.05) is 11.9 Å². The van der Waals surface area contributed by atoms with E-state index in [0.29, 0.717) is 0 Å². The number of benzene rings is 1. The van der Waals surface area contributed by atoms with Gasteiger partial charge in [0.1, 0.15) is 0 Å². The van der Waals surface area contributed by atoms with E-state index in [9.17, 15) is 0 Å². The molecule has 0 saturated carbocycles. The van der Waals surface area contributed by atoms with Gasteiger partial charge in [0.2, 0.25) is 0 Å². The smallest absolute Gasteiger partial charge is 0.0376 e.